The van der Waals surface area contributed by atoms with E-state index < -0.39 is 6.09 Å². The molecule has 0 unspecified atom stereocenters. The van der Waals surface area contributed by atoms with Gasteiger partial charge in [0.2, 0.25) is 0 Å². The number of hydrogen-bond acceptors (Lipinski definition) is 6. The molecule has 9 heteroatoms. The number of rotatable bonds is 7. The van der Waals surface area contributed by atoms with Crippen molar-refractivity contribution >= 4 is 23.5 Å². The van der Waals surface area contributed by atoms with Gasteiger partial charge >= 0.3 is 6.09 Å². The SMILES string of the molecule is COC(=O)Nc1cc(C(=N)N)ccc1CNC(=O)c1cc(OC)c(C)c(OC)c1. The Morgan fingerprint density at radius 3 is 2.17 bits per heavy atom. The van der Waals surface area contributed by atoms with Crippen molar-refractivity contribution in [1.82, 2.24) is 5.32 Å². The highest BCUT2D eigenvalue weighted by Gasteiger charge is 2.15. The molecule has 2 aromatic rings. The summed E-state index contributed by atoms with van der Waals surface area (Å²) in [5, 5.41) is 12.9. The number of nitrogens with two attached hydrogens (primary N) is 1. The number of carbonyl (C=O) groups is 2. The van der Waals surface area contributed by atoms with Crippen LogP contribution < -0.4 is 25.8 Å². The van der Waals surface area contributed by atoms with Crippen molar-refractivity contribution < 1.29 is 23.8 Å². The molecule has 5 N–H and O–H groups in total. The predicted molar refractivity (Wildman–Crippen MR) is 109 cm³/mol. The molecule has 9 nitrogen and oxygen atoms in total. The average Bonchev–Trinajstić information content (AvgIpc) is 2.72. The van der Waals surface area contributed by atoms with Gasteiger partial charge in [0.15, 0.2) is 0 Å². The highest BCUT2D eigenvalue weighted by atomic mass is 16.5. The number of methoxy groups -OCH3 is 3. The molecular weight excluding hydrogens is 376 g/mol. The smallest absolute Gasteiger partial charge is 0.411 e. The van der Waals surface area contributed by atoms with Gasteiger partial charge in [-0.05, 0) is 30.7 Å². The Morgan fingerprint density at radius 1 is 1.03 bits per heavy atom. The zero-order chi connectivity index (χ0) is 21.6. The quantitative estimate of drug-likeness (QED) is 0.416. The van der Waals surface area contributed by atoms with Crippen molar-refractivity contribution in [2.45, 2.75) is 13.5 Å². The fraction of sp³-hybridized carbons (Fsp3) is 0.250. The molecule has 0 radical (unpaired) electrons. The lowest BCUT2D eigenvalue weighted by Gasteiger charge is -2.15. The van der Waals surface area contributed by atoms with Gasteiger partial charge in [-0.25, -0.2) is 4.79 Å². The number of hydrogen-bond donors (Lipinski definition) is 4. The minimum absolute atomic E-state index is 0.120. The maximum Gasteiger partial charge on any atom is 0.411 e. The number of ether oxygens (including phenoxy) is 3. The van der Waals surface area contributed by atoms with E-state index in [1.54, 1.807) is 30.3 Å². The van der Waals surface area contributed by atoms with Crippen LogP contribution in [0, 0.1) is 12.3 Å². The van der Waals surface area contributed by atoms with Crippen molar-refractivity contribution in [2.24, 2.45) is 5.73 Å². The molecule has 0 spiro atoms. The number of nitrogens with one attached hydrogen (secondary N) is 3. The van der Waals surface area contributed by atoms with Crippen LogP contribution >= 0.6 is 0 Å². The Labute approximate surface area is 168 Å². The van der Waals surface area contributed by atoms with Crippen LogP contribution in [0.3, 0.4) is 0 Å². The van der Waals surface area contributed by atoms with E-state index in [0.29, 0.717) is 33.9 Å². The van der Waals surface area contributed by atoms with Gasteiger partial charge < -0.3 is 25.3 Å². The second-order valence-electron chi connectivity index (χ2n) is 6.09. The van der Waals surface area contributed by atoms with E-state index in [0.717, 1.165) is 5.56 Å². The van der Waals surface area contributed by atoms with Gasteiger partial charge in [0.1, 0.15) is 17.3 Å². The summed E-state index contributed by atoms with van der Waals surface area (Å²) in [6, 6.07) is 8.08. The molecule has 0 bridgehead atoms. The van der Waals surface area contributed by atoms with Crippen LogP contribution in [-0.2, 0) is 11.3 Å². The summed E-state index contributed by atoms with van der Waals surface area (Å²) in [5.74, 6) is 0.579. The molecule has 0 heterocycles. The molecule has 29 heavy (non-hydrogen) atoms. The molecule has 0 fully saturated rings. The minimum atomic E-state index is -0.675. The Balaban J connectivity index is 2.25. The van der Waals surface area contributed by atoms with E-state index in [9.17, 15) is 9.59 Å². The van der Waals surface area contributed by atoms with Gasteiger partial charge in [-0.3, -0.25) is 15.5 Å². The van der Waals surface area contributed by atoms with Crippen LogP contribution in [0.25, 0.3) is 0 Å². The first-order valence-corrected chi connectivity index (χ1v) is 8.63. The number of anilines is 1. The van der Waals surface area contributed by atoms with Gasteiger partial charge in [-0.2, -0.15) is 0 Å². The van der Waals surface area contributed by atoms with Crippen LogP contribution in [0.2, 0.25) is 0 Å². The Bertz CT molecular complexity index is 917. The zero-order valence-electron chi connectivity index (χ0n) is 16.7. The topological polar surface area (TPSA) is 136 Å². The lowest BCUT2D eigenvalue weighted by Crippen LogP contribution is -2.24. The van der Waals surface area contributed by atoms with Crippen LogP contribution in [0.5, 0.6) is 11.5 Å². The average molecular weight is 400 g/mol. The van der Waals surface area contributed by atoms with Crippen LogP contribution in [0.1, 0.15) is 27.0 Å². The van der Waals surface area contributed by atoms with E-state index in [-0.39, 0.29) is 18.3 Å². The van der Waals surface area contributed by atoms with Crippen molar-refractivity contribution in [2.75, 3.05) is 26.6 Å². The van der Waals surface area contributed by atoms with Gasteiger partial charge in [0, 0.05) is 28.9 Å². The third-order valence-corrected chi connectivity index (χ3v) is 4.30. The number of benzene rings is 2. The fourth-order valence-corrected chi connectivity index (χ4v) is 2.67. The molecule has 0 saturated heterocycles. The molecule has 2 rings (SSSR count). The summed E-state index contributed by atoms with van der Waals surface area (Å²) in [4.78, 5) is 24.3. The fourth-order valence-electron chi connectivity index (χ4n) is 2.67. The third-order valence-electron chi connectivity index (χ3n) is 4.30. The lowest BCUT2D eigenvalue weighted by atomic mass is 10.1. The molecule has 0 aliphatic rings. The lowest BCUT2D eigenvalue weighted by molar-refractivity contribution is 0.0950. The van der Waals surface area contributed by atoms with E-state index >= 15 is 0 Å². The third kappa shape index (κ3) is 5.16. The number of nitrogen functional groups attached to an aromatic ring is 1. The van der Waals surface area contributed by atoms with Gasteiger partial charge in [0.05, 0.1) is 21.3 Å². The first kappa shape index (κ1) is 21.5. The molecule has 0 aromatic heterocycles. The monoisotopic (exact) mass is 400 g/mol. The molecule has 0 aliphatic heterocycles. The molecule has 0 aliphatic carbocycles. The first-order chi connectivity index (χ1) is 13.8. The number of amidine groups is 1. The summed E-state index contributed by atoms with van der Waals surface area (Å²) in [7, 11) is 4.28. The van der Waals surface area contributed by atoms with Crippen molar-refractivity contribution in [3.05, 3.63) is 52.6 Å². The molecule has 2 amide bonds. The Morgan fingerprint density at radius 2 is 1.66 bits per heavy atom. The van der Waals surface area contributed by atoms with Crippen molar-refractivity contribution in [3.8, 4) is 11.5 Å². The van der Waals surface area contributed by atoms with Crippen LogP contribution in [0.15, 0.2) is 30.3 Å². The molecular formula is C20H24N4O5. The van der Waals surface area contributed by atoms with E-state index in [2.05, 4.69) is 15.4 Å². The molecule has 0 atom stereocenters. The van der Waals surface area contributed by atoms with E-state index in [1.165, 1.54) is 21.3 Å². The summed E-state index contributed by atoms with van der Waals surface area (Å²) in [5.41, 5.74) is 8.08. The van der Waals surface area contributed by atoms with E-state index in [4.69, 9.17) is 20.6 Å². The maximum absolute atomic E-state index is 12.6. The Hall–Kier alpha value is -3.75. The van der Waals surface area contributed by atoms with Crippen LogP contribution in [-0.4, -0.2) is 39.2 Å². The molecule has 154 valence electrons. The molecule has 0 saturated carbocycles. The summed E-state index contributed by atoms with van der Waals surface area (Å²) >= 11 is 0. The number of carbonyl (C=O) groups excluding carboxylic acids is 2. The predicted octanol–water partition coefficient (Wildman–Crippen LogP) is 2.40. The minimum Gasteiger partial charge on any atom is -0.496 e. The highest BCUT2D eigenvalue weighted by molar-refractivity contribution is 5.98. The summed E-state index contributed by atoms with van der Waals surface area (Å²) in [6.07, 6.45) is -0.675. The Kier molecular flexibility index (Phi) is 7.02. The zero-order valence-corrected chi connectivity index (χ0v) is 16.7. The van der Waals surface area contributed by atoms with Crippen molar-refractivity contribution in [3.63, 3.8) is 0 Å². The first-order valence-electron chi connectivity index (χ1n) is 8.63. The highest BCUT2D eigenvalue weighted by Crippen LogP contribution is 2.29. The number of amides is 2. The van der Waals surface area contributed by atoms with Gasteiger partial charge in [-0.15, -0.1) is 0 Å². The summed E-state index contributed by atoms with van der Waals surface area (Å²) < 4.78 is 15.2. The second kappa shape index (κ2) is 9.45. The second-order valence-corrected chi connectivity index (χ2v) is 6.09. The van der Waals surface area contributed by atoms with Gasteiger partial charge in [-0.1, -0.05) is 12.1 Å². The maximum atomic E-state index is 12.6. The standard InChI is InChI=1S/C20H24N4O5/c1-11-16(27-2)8-14(9-17(11)28-3)19(25)23-10-13-6-5-12(18(21)22)7-15(13)24-20(26)29-4/h5-9H,10H2,1-4H3,(H3,21,22)(H,23,25)(H,24,26). The van der Waals surface area contributed by atoms with Crippen LogP contribution in [0.4, 0.5) is 10.5 Å². The largest absolute Gasteiger partial charge is 0.496 e. The van der Waals surface area contributed by atoms with Crippen molar-refractivity contribution in [1.29, 1.82) is 5.41 Å². The summed E-state index contributed by atoms with van der Waals surface area (Å²) in [6.45, 7) is 1.95. The van der Waals surface area contributed by atoms with Gasteiger partial charge in [0.25, 0.3) is 5.91 Å². The van der Waals surface area contributed by atoms with E-state index in [1.807, 2.05) is 6.92 Å². The normalized spacial score (nSPS) is 10.1. The molecule has 2 aromatic carbocycles.